The lowest BCUT2D eigenvalue weighted by Crippen LogP contribution is -2.05. The molecule has 1 heteroatoms. The topological polar surface area (TPSA) is 0 Å². The van der Waals surface area contributed by atoms with E-state index >= 15 is 0 Å². The van der Waals surface area contributed by atoms with Crippen molar-refractivity contribution in [1.29, 1.82) is 0 Å². The van der Waals surface area contributed by atoms with E-state index in [1.807, 2.05) is 13.8 Å². The van der Waals surface area contributed by atoms with Gasteiger partial charge in [0, 0.05) is 5.38 Å². The largest absolute Gasteiger partial charge is 0.123 e. The van der Waals surface area contributed by atoms with Crippen LogP contribution in [0.1, 0.15) is 34.6 Å². The Hall–Kier alpha value is -0.230. The average Bonchev–Trinajstić information content (AvgIpc) is 2.03. The molecule has 0 aliphatic heterocycles. The Morgan fingerprint density at radius 3 is 2.00 bits per heavy atom. The number of allylic oxidation sites excluding steroid dienone is 4. The molecule has 0 aromatic rings. The van der Waals surface area contributed by atoms with E-state index < -0.39 is 0 Å². The second kappa shape index (κ2) is 6.26. The maximum atomic E-state index is 6.01. The molecule has 0 saturated carbocycles. The number of halogens is 1. The summed E-state index contributed by atoms with van der Waals surface area (Å²) in [6.45, 7) is 10.7. The van der Waals surface area contributed by atoms with Crippen LogP contribution in [0.4, 0.5) is 0 Å². The van der Waals surface area contributed by atoms with Gasteiger partial charge in [-0.25, -0.2) is 0 Å². The SMILES string of the molecule is C/C=C\C(=C/C(C)C(C)Cl)C(C)C. The molecule has 0 fully saturated rings. The summed E-state index contributed by atoms with van der Waals surface area (Å²) in [5, 5.41) is 0.207. The van der Waals surface area contributed by atoms with Crippen molar-refractivity contribution >= 4 is 11.6 Å². The minimum Gasteiger partial charge on any atom is -0.123 e. The van der Waals surface area contributed by atoms with Crippen molar-refractivity contribution in [2.75, 3.05) is 0 Å². The van der Waals surface area contributed by atoms with Crippen molar-refractivity contribution in [2.24, 2.45) is 11.8 Å². The zero-order valence-corrected chi connectivity index (χ0v) is 10.1. The van der Waals surface area contributed by atoms with Gasteiger partial charge < -0.3 is 0 Å². The first-order chi connectivity index (χ1) is 5.99. The first-order valence-electron chi connectivity index (χ1n) is 4.97. The molecule has 76 valence electrons. The number of hydrogen-bond acceptors (Lipinski definition) is 0. The molecule has 0 aromatic carbocycles. The molecular formula is C12H21Cl. The predicted molar refractivity (Wildman–Crippen MR) is 62.2 cm³/mol. The van der Waals surface area contributed by atoms with Crippen LogP contribution in [0.2, 0.25) is 0 Å². The molecule has 0 nitrogen and oxygen atoms in total. The van der Waals surface area contributed by atoms with Crippen LogP contribution < -0.4 is 0 Å². The molecule has 0 spiro atoms. The van der Waals surface area contributed by atoms with Gasteiger partial charge in [-0.2, -0.15) is 0 Å². The highest BCUT2D eigenvalue weighted by Gasteiger charge is 2.07. The van der Waals surface area contributed by atoms with Gasteiger partial charge in [-0.3, -0.25) is 0 Å². The minimum absolute atomic E-state index is 0.207. The lowest BCUT2D eigenvalue weighted by molar-refractivity contribution is 0.683. The lowest BCUT2D eigenvalue weighted by atomic mass is 9.96. The van der Waals surface area contributed by atoms with Gasteiger partial charge in [0.1, 0.15) is 0 Å². The lowest BCUT2D eigenvalue weighted by Gasteiger charge is -2.13. The molecule has 0 rings (SSSR count). The average molecular weight is 201 g/mol. The fourth-order valence-electron chi connectivity index (χ4n) is 1.07. The van der Waals surface area contributed by atoms with Gasteiger partial charge in [0.15, 0.2) is 0 Å². The molecule has 0 radical (unpaired) electrons. The van der Waals surface area contributed by atoms with E-state index in [0.717, 1.165) is 0 Å². The van der Waals surface area contributed by atoms with E-state index in [1.165, 1.54) is 5.57 Å². The van der Waals surface area contributed by atoms with E-state index in [4.69, 9.17) is 11.6 Å². The van der Waals surface area contributed by atoms with Crippen molar-refractivity contribution in [3.05, 3.63) is 23.8 Å². The highest BCUT2D eigenvalue weighted by atomic mass is 35.5. The first kappa shape index (κ1) is 12.8. The third kappa shape index (κ3) is 5.15. The van der Waals surface area contributed by atoms with Crippen LogP contribution in [0, 0.1) is 11.8 Å². The molecule has 2 atom stereocenters. The van der Waals surface area contributed by atoms with Crippen molar-refractivity contribution in [3.8, 4) is 0 Å². The zero-order chi connectivity index (χ0) is 10.4. The molecule has 2 unspecified atom stereocenters. The maximum absolute atomic E-state index is 6.01. The normalized spacial score (nSPS) is 18.2. The van der Waals surface area contributed by atoms with Gasteiger partial charge in [-0.15, -0.1) is 11.6 Å². The second-order valence-electron chi connectivity index (χ2n) is 3.86. The molecule has 0 aromatic heterocycles. The Kier molecular flexibility index (Phi) is 6.15. The van der Waals surface area contributed by atoms with Crippen LogP contribution in [0.3, 0.4) is 0 Å². The van der Waals surface area contributed by atoms with Gasteiger partial charge >= 0.3 is 0 Å². The molecule has 0 amide bonds. The summed E-state index contributed by atoms with van der Waals surface area (Å²) in [7, 11) is 0. The smallest absolute Gasteiger partial charge is 0.0368 e. The molecular weight excluding hydrogens is 180 g/mol. The van der Waals surface area contributed by atoms with Gasteiger partial charge in [-0.1, -0.05) is 39.0 Å². The van der Waals surface area contributed by atoms with Crippen LogP contribution in [0.5, 0.6) is 0 Å². The van der Waals surface area contributed by atoms with Crippen molar-refractivity contribution in [2.45, 2.75) is 40.0 Å². The Labute approximate surface area is 87.7 Å². The summed E-state index contributed by atoms with van der Waals surface area (Å²) in [4.78, 5) is 0. The molecule has 0 heterocycles. The Balaban J connectivity index is 4.52. The van der Waals surface area contributed by atoms with E-state index in [9.17, 15) is 0 Å². The maximum Gasteiger partial charge on any atom is 0.0368 e. The third-order valence-electron chi connectivity index (χ3n) is 2.21. The van der Waals surface area contributed by atoms with Crippen molar-refractivity contribution in [3.63, 3.8) is 0 Å². The summed E-state index contributed by atoms with van der Waals surface area (Å²) >= 11 is 6.01. The highest BCUT2D eigenvalue weighted by molar-refractivity contribution is 6.20. The quantitative estimate of drug-likeness (QED) is 0.466. The molecule has 0 aliphatic carbocycles. The van der Waals surface area contributed by atoms with Gasteiger partial charge in [0.2, 0.25) is 0 Å². The van der Waals surface area contributed by atoms with Gasteiger partial charge in [-0.05, 0) is 31.3 Å². The number of alkyl halides is 1. The molecule has 0 saturated heterocycles. The predicted octanol–water partition coefficient (Wildman–Crippen LogP) is 4.41. The van der Waals surface area contributed by atoms with Gasteiger partial charge in [0.25, 0.3) is 0 Å². The monoisotopic (exact) mass is 200 g/mol. The second-order valence-corrected chi connectivity index (χ2v) is 4.55. The summed E-state index contributed by atoms with van der Waals surface area (Å²) < 4.78 is 0. The van der Waals surface area contributed by atoms with E-state index in [2.05, 4.69) is 39.0 Å². The van der Waals surface area contributed by atoms with Crippen LogP contribution in [0.25, 0.3) is 0 Å². The van der Waals surface area contributed by atoms with Crippen LogP contribution in [-0.4, -0.2) is 5.38 Å². The van der Waals surface area contributed by atoms with Crippen molar-refractivity contribution < 1.29 is 0 Å². The highest BCUT2D eigenvalue weighted by Crippen LogP contribution is 2.18. The standard InChI is InChI=1S/C12H21Cl/c1-6-7-12(9(2)3)8-10(4)11(5)13/h6-11H,1-5H3/b7-6-,12-8+. The summed E-state index contributed by atoms with van der Waals surface area (Å²) in [6, 6.07) is 0. The summed E-state index contributed by atoms with van der Waals surface area (Å²) in [6.07, 6.45) is 6.51. The summed E-state index contributed by atoms with van der Waals surface area (Å²) in [5.74, 6) is 1.02. The van der Waals surface area contributed by atoms with E-state index in [0.29, 0.717) is 11.8 Å². The molecule has 13 heavy (non-hydrogen) atoms. The van der Waals surface area contributed by atoms with Crippen LogP contribution >= 0.6 is 11.6 Å². The molecule has 0 N–H and O–H groups in total. The van der Waals surface area contributed by atoms with Crippen molar-refractivity contribution in [1.82, 2.24) is 0 Å². The Morgan fingerprint density at radius 1 is 1.15 bits per heavy atom. The first-order valence-corrected chi connectivity index (χ1v) is 5.41. The third-order valence-corrected chi connectivity index (χ3v) is 2.60. The Morgan fingerprint density at radius 2 is 1.69 bits per heavy atom. The summed E-state index contributed by atoms with van der Waals surface area (Å²) in [5.41, 5.74) is 1.38. The minimum atomic E-state index is 0.207. The number of rotatable bonds is 4. The molecule has 0 bridgehead atoms. The van der Waals surface area contributed by atoms with E-state index in [1.54, 1.807) is 0 Å². The fourth-order valence-corrected chi connectivity index (χ4v) is 1.14. The Bertz CT molecular complexity index is 187. The van der Waals surface area contributed by atoms with Crippen LogP contribution in [0.15, 0.2) is 23.8 Å². The van der Waals surface area contributed by atoms with E-state index in [-0.39, 0.29) is 5.38 Å². The number of hydrogen-bond donors (Lipinski definition) is 0. The molecule has 0 aliphatic rings. The van der Waals surface area contributed by atoms with Gasteiger partial charge in [0.05, 0.1) is 0 Å². The van der Waals surface area contributed by atoms with Crippen LogP contribution in [-0.2, 0) is 0 Å². The fraction of sp³-hybridized carbons (Fsp3) is 0.667. The zero-order valence-electron chi connectivity index (χ0n) is 9.34.